The molecule has 0 unspecified atom stereocenters. The summed E-state index contributed by atoms with van der Waals surface area (Å²) in [7, 11) is -7.22. The van der Waals surface area contributed by atoms with E-state index in [1.54, 1.807) is 0 Å². The molecule has 0 bridgehead atoms. The average Bonchev–Trinajstić information content (AvgIpc) is 2.89. The van der Waals surface area contributed by atoms with E-state index in [0.717, 1.165) is 24.3 Å². The number of benzene rings is 4. The molecule has 38 heavy (non-hydrogen) atoms. The van der Waals surface area contributed by atoms with Crippen molar-refractivity contribution in [3.8, 4) is 0 Å². The van der Waals surface area contributed by atoms with Gasteiger partial charge in [-0.05, 0) is 97.8 Å². The molecule has 0 aromatic heterocycles. The molecule has 0 spiro atoms. The van der Waals surface area contributed by atoms with Crippen molar-refractivity contribution >= 4 is 19.7 Å². The Morgan fingerprint density at radius 1 is 0.421 bits per heavy atom. The summed E-state index contributed by atoms with van der Waals surface area (Å²) in [6, 6.07) is 19.9. The normalized spacial score (nSPS) is 13.2. The summed E-state index contributed by atoms with van der Waals surface area (Å²) in [6.45, 7) is 3.04. The minimum Gasteiger partial charge on any atom is -0.223 e. The van der Waals surface area contributed by atoms with E-state index in [9.17, 15) is 34.4 Å². The quantitative estimate of drug-likeness (QED) is 0.187. The molecule has 0 heterocycles. The standard InChI is InChI=1S/2C14H12F2O2S/c2*1-10(11-2-4-12(15)5-3-11)19(17,18)14-8-6-13(16)7-9-14/h2*2-10H,1H3/t2*10-/m10/s1. The van der Waals surface area contributed by atoms with Crippen LogP contribution in [-0.2, 0) is 19.7 Å². The first-order valence-electron chi connectivity index (χ1n) is 11.3. The highest BCUT2D eigenvalue weighted by atomic mass is 32.2. The van der Waals surface area contributed by atoms with E-state index >= 15 is 0 Å². The van der Waals surface area contributed by atoms with E-state index in [-0.39, 0.29) is 9.79 Å². The second kappa shape index (κ2) is 11.9. The SMILES string of the molecule is C[C@@H](c1ccc(F)cc1)S(=O)(=O)c1ccc(F)cc1.C[C@H](c1ccc(F)cc1)S(=O)(=O)c1ccc(F)cc1. The highest BCUT2D eigenvalue weighted by molar-refractivity contribution is 7.92. The van der Waals surface area contributed by atoms with Gasteiger partial charge in [0.05, 0.1) is 20.3 Å². The van der Waals surface area contributed by atoms with Gasteiger partial charge in [-0.15, -0.1) is 0 Å². The van der Waals surface area contributed by atoms with E-state index < -0.39 is 53.4 Å². The highest BCUT2D eigenvalue weighted by Gasteiger charge is 2.25. The minimum absolute atomic E-state index is 0.0470. The topological polar surface area (TPSA) is 68.3 Å². The van der Waals surface area contributed by atoms with Crippen LogP contribution in [0.4, 0.5) is 17.6 Å². The van der Waals surface area contributed by atoms with Crippen molar-refractivity contribution in [3.05, 3.63) is 131 Å². The zero-order valence-corrected chi connectivity index (χ0v) is 22.0. The summed E-state index contributed by atoms with van der Waals surface area (Å²) in [4.78, 5) is 0.0939. The van der Waals surface area contributed by atoms with Crippen LogP contribution in [0, 0.1) is 23.3 Å². The maximum atomic E-state index is 12.8. The number of hydrogen-bond acceptors (Lipinski definition) is 4. The summed E-state index contributed by atoms with van der Waals surface area (Å²) in [5.41, 5.74) is 0.983. The molecule has 0 N–H and O–H groups in total. The molecule has 0 aliphatic rings. The minimum atomic E-state index is -3.61. The van der Waals surface area contributed by atoms with Gasteiger partial charge in [0.15, 0.2) is 19.7 Å². The van der Waals surface area contributed by atoms with Crippen molar-refractivity contribution in [1.29, 1.82) is 0 Å². The zero-order chi connectivity index (χ0) is 28.1. The van der Waals surface area contributed by atoms with Gasteiger partial charge in [0, 0.05) is 0 Å². The number of sulfone groups is 2. The van der Waals surface area contributed by atoms with Gasteiger partial charge in [-0.2, -0.15) is 0 Å². The Bertz CT molecular complexity index is 1450. The lowest BCUT2D eigenvalue weighted by atomic mass is 10.2. The van der Waals surface area contributed by atoms with Gasteiger partial charge < -0.3 is 0 Å². The summed E-state index contributed by atoms with van der Waals surface area (Å²) >= 11 is 0. The van der Waals surface area contributed by atoms with Crippen LogP contribution in [0.15, 0.2) is 107 Å². The average molecular weight is 565 g/mol. The molecule has 10 heteroatoms. The van der Waals surface area contributed by atoms with Crippen LogP contribution in [0.1, 0.15) is 35.5 Å². The Hall–Kier alpha value is -3.50. The predicted molar refractivity (Wildman–Crippen MR) is 137 cm³/mol. The first-order valence-corrected chi connectivity index (χ1v) is 14.4. The second-order valence-corrected chi connectivity index (χ2v) is 12.9. The second-order valence-electron chi connectivity index (χ2n) is 8.39. The maximum Gasteiger partial charge on any atom is 0.185 e. The molecule has 0 amide bonds. The molecule has 200 valence electrons. The molecule has 0 saturated heterocycles. The third-order valence-corrected chi connectivity index (χ3v) is 10.2. The van der Waals surface area contributed by atoms with Gasteiger partial charge in [0.2, 0.25) is 0 Å². The molecule has 4 aromatic carbocycles. The van der Waals surface area contributed by atoms with Gasteiger partial charge >= 0.3 is 0 Å². The molecule has 4 nitrogen and oxygen atoms in total. The molecule has 4 rings (SSSR count). The van der Waals surface area contributed by atoms with Gasteiger partial charge in [-0.25, -0.2) is 34.4 Å². The van der Waals surface area contributed by atoms with E-state index in [1.165, 1.54) is 86.6 Å². The first-order chi connectivity index (χ1) is 17.8. The van der Waals surface area contributed by atoms with Crippen LogP contribution < -0.4 is 0 Å². The van der Waals surface area contributed by atoms with Crippen molar-refractivity contribution in [1.82, 2.24) is 0 Å². The number of rotatable bonds is 6. The Labute approximate surface area is 219 Å². The van der Waals surface area contributed by atoms with Crippen molar-refractivity contribution in [2.24, 2.45) is 0 Å². The monoisotopic (exact) mass is 564 g/mol. The molecule has 0 aliphatic heterocycles. The van der Waals surface area contributed by atoms with Gasteiger partial charge in [0.25, 0.3) is 0 Å². The van der Waals surface area contributed by atoms with Crippen LogP contribution in [0.5, 0.6) is 0 Å². The number of halogens is 4. The first kappa shape index (κ1) is 29.1. The summed E-state index contributed by atoms with van der Waals surface area (Å²) in [5, 5.41) is -1.64. The predicted octanol–water partition coefficient (Wildman–Crippen LogP) is 7.00. The fraction of sp³-hybridized carbons (Fsp3) is 0.143. The van der Waals surface area contributed by atoms with Crippen molar-refractivity contribution in [3.63, 3.8) is 0 Å². The molecular weight excluding hydrogens is 540 g/mol. The molecule has 0 saturated carbocycles. The third-order valence-electron chi connectivity index (χ3n) is 5.89. The summed E-state index contributed by atoms with van der Waals surface area (Å²) in [6.07, 6.45) is 0. The summed E-state index contributed by atoms with van der Waals surface area (Å²) in [5.74, 6) is -1.83. The molecule has 0 aliphatic carbocycles. The molecule has 0 fully saturated rings. The van der Waals surface area contributed by atoms with Gasteiger partial charge in [0.1, 0.15) is 23.3 Å². The Morgan fingerprint density at radius 3 is 0.868 bits per heavy atom. The largest absolute Gasteiger partial charge is 0.223 e. The van der Waals surface area contributed by atoms with Crippen molar-refractivity contribution < 1.29 is 34.4 Å². The molecule has 0 radical (unpaired) electrons. The Kier molecular flexibility index (Phi) is 9.11. The van der Waals surface area contributed by atoms with Crippen LogP contribution in [0.2, 0.25) is 0 Å². The fourth-order valence-electron chi connectivity index (χ4n) is 3.48. The van der Waals surface area contributed by atoms with Crippen LogP contribution in [-0.4, -0.2) is 16.8 Å². The maximum absolute atomic E-state index is 12.8. The van der Waals surface area contributed by atoms with Crippen LogP contribution in [0.25, 0.3) is 0 Å². The van der Waals surface area contributed by atoms with Crippen LogP contribution in [0.3, 0.4) is 0 Å². The lowest BCUT2D eigenvalue weighted by molar-refractivity contribution is 0.583. The lowest BCUT2D eigenvalue weighted by Crippen LogP contribution is -2.10. The van der Waals surface area contributed by atoms with E-state index in [2.05, 4.69) is 0 Å². The van der Waals surface area contributed by atoms with Crippen LogP contribution >= 0.6 is 0 Å². The Balaban J connectivity index is 0.000000211. The molecular formula is C28H24F4O4S2. The lowest BCUT2D eigenvalue weighted by Gasteiger charge is -2.13. The van der Waals surface area contributed by atoms with Crippen molar-refractivity contribution in [2.75, 3.05) is 0 Å². The third kappa shape index (κ3) is 6.87. The highest BCUT2D eigenvalue weighted by Crippen LogP contribution is 2.29. The van der Waals surface area contributed by atoms with E-state index in [1.807, 2.05) is 0 Å². The van der Waals surface area contributed by atoms with E-state index in [0.29, 0.717) is 11.1 Å². The van der Waals surface area contributed by atoms with E-state index in [4.69, 9.17) is 0 Å². The van der Waals surface area contributed by atoms with Gasteiger partial charge in [-0.1, -0.05) is 24.3 Å². The Morgan fingerprint density at radius 2 is 0.632 bits per heavy atom. The number of hydrogen-bond donors (Lipinski definition) is 0. The molecule has 4 aromatic rings. The van der Waals surface area contributed by atoms with Gasteiger partial charge in [-0.3, -0.25) is 0 Å². The molecule has 2 atom stereocenters. The smallest absolute Gasteiger partial charge is 0.185 e. The zero-order valence-electron chi connectivity index (χ0n) is 20.4. The van der Waals surface area contributed by atoms with Crippen molar-refractivity contribution in [2.45, 2.75) is 34.1 Å². The summed E-state index contributed by atoms with van der Waals surface area (Å²) < 4.78 is 101. The fourth-order valence-corrected chi connectivity index (χ4v) is 6.36.